The van der Waals surface area contributed by atoms with E-state index in [4.69, 9.17) is 5.11 Å². The molecule has 1 fully saturated rings. The standard InChI is InChI=1S/C13H19F3N6O/c1-17-11(20-9-10(23)13(14,15)16)21-5-7-22(8-6-21)12-18-3-2-4-19-12/h2-4,10,23H,5-9H2,1H3,(H,17,20). The van der Waals surface area contributed by atoms with Crippen LogP contribution in [0.15, 0.2) is 23.5 Å². The molecule has 0 radical (unpaired) electrons. The normalized spacial score (nSPS) is 18.0. The summed E-state index contributed by atoms with van der Waals surface area (Å²) in [5.74, 6) is 0.963. The molecule has 1 aromatic rings. The lowest BCUT2D eigenvalue weighted by molar-refractivity contribution is -0.201. The number of aliphatic hydroxyl groups is 1. The van der Waals surface area contributed by atoms with E-state index in [0.717, 1.165) is 0 Å². The number of piperazine rings is 1. The minimum absolute atomic E-state index is 0.335. The van der Waals surface area contributed by atoms with Gasteiger partial charge in [0.05, 0.1) is 6.54 Å². The van der Waals surface area contributed by atoms with E-state index in [0.29, 0.717) is 38.1 Å². The Morgan fingerprint density at radius 1 is 1.30 bits per heavy atom. The quantitative estimate of drug-likeness (QED) is 0.604. The molecule has 0 aliphatic carbocycles. The first-order chi connectivity index (χ1) is 10.9. The molecule has 0 saturated carbocycles. The second-order valence-corrected chi connectivity index (χ2v) is 5.01. The molecule has 10 heteroatoms. The molecule has 7 nitrogen and oxygen atoms in total. The van der Waals surface area contributed by atoms with Gasteiger partial charge in [-0.25, -0.2) is 9.97 Å². The number of halogens is 3. The molecule has 2 N–H and O–H groups in total. The van der Waals surface area contributed by atoms with Gasteiger partial charge >= 0.3 is 6.18 Å². The van der Waals surface area contributed by atoms with E-state index in [1.165, 1.54) is 7.05 Å². The van der Waals surface area contributed by atoms with Crippen LogP contribution in [0.2, 0.25) is 0 Å². The van der Waals surface area contributed by atoms with Crippen LogP contribution in [0, 0.1) is 0 Å². The number of nitrogens with one attached hydrogen (secondary N) is 1. The summed E-state index contributed by atoms with van der Waals surface area (Å²) in [5, 5.41) is 11.6. The van der Waals surface area contributed by atoms with Gasteiger partial charge in [-0.3, -0.25) is 4.99 Å². The lowest BCUT2D eigenvalue weighted by Crippen LogP contribution is -2.54. The van der Waals surface area contributed by atoms with Crippen molar-refractivity contribution in [3.8, 4) is 0 Å². The molecule has 1 saturated heterocycles. The number of hydrogen-bond donors (Lipinski definition) is 2. The Kier molecular flexibility index (Phi) is 5.59. The van der Waals surface area contributed by atoms with E-state index >= 15 is 0 Å². The highest BCUT2D eigenvalue weighted by Gasteiger charge is 2.38. The van der Waals surface area contributed by atoms with Gasteiger partial charge in [-0.05, 0) is 6.07 Å². The van der Waals surface area contributed by atoms with E-state index < -0.39 is 18.8 Å². The Labute approximate surface area is 131 Å². The Hall–Kier alpha value is -2.10. The molecule has 1 unspecified atom stereocenters. The zero-order valence-electron chi connectivity index (χ0n) is 12.7. The van der Waals surface area contributed by atoms with Crippen molar-refractivity contribution in [2.24, 2.45) is 4.99 Å². The van der Waals surface area contributed by atoms with E-state index in [9.17, 15) is 13.2 Å². The summed E-state index contributed by atoms with van der Waals surface area (Å²) in [5.41, 5.74) is 0. The Balaban J connectivity index is 1.85. The summed E-state index contributed by atoms with van der Waals surface area (Å²) in [4.78, 5) is 16.1. The molecule has 0 bridgehead atoms. The number of alkyl halides is 3. The van der Waals surface area contributed by atoms with Crippen LogP contribution in [0.5, 0.6) is 0 Å². The second-order valence-electron chi connectivity index (χ2n) is 5.01. The highest BCUT2D eigenvalue weighted by molar-refractivity contribution is 5.80. The zero-order valence-corrected chi connectivity index (χ0v) is 12.7. The van der Waals surface area contributed by atoms with Crippen molar-refractivity contribution in [3.63, 3.8) is 0 Å². The van der Waals surface area contributed by atoms with E-state index in [1.807, 2.05) is 9.80 Å². The van der Waals surface area contributed by atoms with Gasteiger partial charge < -0.3 is 20.2 Å². The maximum Gasteiger partial charge on any atom is 0.416 e. The number of hydrogen-bond acceptors (Lipinski definition) is 5. The van der Waals surface area contributed by atoms with Crippen molar-refractivity contribution in [3.05, 3.63) is 18.5 Å². The van der Waals surface area contributed by atoms with Crippen LogP contribution in [0.4, 0.5) is 19.1 Å². The number of aliphatic hydroxyl groups excluding tert-OH is 1. The third kappa shape index (κ3) is 4.68. The first-order valence-electron chi connectivity index (χ1n) is 7.14. The Morgan fingerprint density at radius 2 is 1.91 bits per heavy atom. The van der Waals surface area contributed by atoms with Crippen molar-refractivity contribution < 1.29 is 18.3 Å². The van der Waals surface area contributed by atoms with Gasteiger partial charge in [0.25, 0.3) is 0 Å². The Bertz CT molecular complexity index is 516. The lowest BCUT2D eigenvalue weighted by atomic mass is 10.3. The lowest BCUT2D eigenvalue weighted by Gasteiger charge is -2.36. The minimum Gasteiger partial charge on any atom is -0.382 e. The molecule has 128 valence electrons. The van der Waals surface area contributed by atoms with Crippen LogP contribution in [0.1, 0.15) is 0 Å². The highest BCUT2D eigenvalue weighted by atomic mass is 19.4. The number of aliphatic imine (C=N–C) groups is 1. The van der Waals surface area contributed by atoms with Gasteiger partial charge in [0, 0.05) is 45.6 Å². The molecule has 2 heterocycles. The molecule has 0 amide bonds. The summed E-state index contributed by atoms with van der Waals surface area (Å²) in [6.45, 7) is 1.78. The molecule has 1 aliphatic rings. The van der Waals surface area contributed by atoms with Gasteiger partial charge in [-0.2, -0.15) is 13.2 Å². The van der Waals surface area contributed by atoms with Crippen molar-refractivity contribution >= 4 is 11.9 Å². The fourth-order valence-corrected chi connectivity index (χ4v) is 2.21. The number of anilines is 1. The molecule has 23 heavy (non-hydrogen) atoms. The van der Waals surface area contributed by atoms with Gasteiger partial charge in [0.2, 0.25) is 5.95 Å². The smallest absolute Gasteiger partial charge is 0.382 e. The fraction of sp³-hybridized carbons (Fsp3) is 0.615. The topological polar surface area (TPSA) is 76.9 Å². The van der Waals surface area contributed by atoms with Crippen LogP contribution in [0.25, 0.3) is 0 Å². The van der Waals surface area contributed by atoms with Gasteiger partial charge in [-0.1, -0.05) is 0 Å². The predicted octanol–water partition coefficient (Wildman–Crippen LogP) is 0.0972. The van der Waals surface area contributed by atoms with Crippen molar-refractivity contribution in [1.29, 1.82) is 0 Å². The highest BCUT2D eigenvalue weighted by Crippen LogP contribution is 2.19. The summed E-state index contributed by atoms with van der Waals surface area (Å²) in [7, 11) is 1.50. The summed E-state index contributed by atoms with van der Waals surface area (Å²) < 4.78 is 37.0. The molecule has 2 rings (SSSR count). The predicted molar refractivity (Wildman–Crippen MR) is 79.2 cm³/mol. The average Bonchev–Trinajstić information content (AvgIpc) is 2.55. The molecule has 1 aromatic heterocycles. The van der Waals surface area contributed by atoms with Crippen LogP contribution in [-0.4, -0.2) is 78.0 Å². The molecule has 0 aromatic carbocycles. The third-order valence-corrected chi connectivity index (χ3v) is 3.46. The SMILES string of the molecule is CN=C(NCC(O)C(F)(F)F)N1CCN(c2ncccn2)CC1. The van der Waals surface area contributed by atoms with Crippen LogP contribution in [-0.2, 0) is 0 Å². The minimum atomic E-state index is -4.64. The van der Waals surface area contributed by atoms with Gasteiger partial charge in [0.15, 0.2) is 12.1 Å². The van der Waals surface area contributed by atoms with E-state index in [-0.39, 0.29) is 0 Å². The van der Waals surface area contributed by atoms with E-state index in [2.05, 4.69) is 20.3 Å². The summed E-state index contributed by atoms with van der Waals surface area (Å²) >= 11 is 0. The number of aromatic nitrogens is 2. The summed E-state index contributed by atoms with van der Waals surface area (Å²) in [6.07, 6.45) is -3.74. The molecular formula is C13H19F3N6O. The first kappa shape index (κ1) is 17.3. The first-order valence-corrected chi connectivity index (χ1v) is 7.14. The van der Waals surface area contributed by atoms with Gasteiger partial charge in [-0.15, -0.1) is 0 Å². The second kappa shape index (κ2) is 7.44. The van der Waals surface area contributed by atoms with Crippen LogP contribution < -0.4 is 10.2 Å². The average molecular weight is 332 g/mol. The van der Waals surface area contributed by atoms with Crippen LogP contribution >= 0.6 is 0 Å². The molecule has 1 atom stereocenters. The van der Waals surface area contributed by atoms with Crippen molar-refractivity contribution in [2.45, 2.75) is 12.3 Å². The molecule has 0 spiro atoms. The molecule has 1 aliphatic heterocycles. The number of guanidine groups is 1. The van der Waals surface area contributed by atoms with Crippen molar-refractivity contribution in [2.75, 3.05) is 44.7 Å². The molecular weight excluding hydrogens is 313 g/mol. The van der Waals surface area contributed by atoms with Crippen LogP contribution in [0.3, 0.4) is 0 Å². The number of nitrogens with zero attached hydrogens (tertiary/aromatic N) is 5. The monoisotopic (exact) mass is 332 g/mol. The zero-order chi connectivity index (χ0) is 16.9. The maximum atomic E-state index is 12.3. The maximum absolute atomic E-state index is 12.3. The third-order valence-electron chi connectivity index (χ3n) is 3.46. The van der Waals surface area contributed by atoms with Crippen molar-refractivity contribution in [1.82, 2.24) is 20.2 Å². The van der Waals surface area contributed by atoms with Gasteiger partial charge in [0.1, 0.15) is 0 Å². The van der Waals surface area contributed by atoms with E-state index in [1.54, 1.807) is 18.5 Å². The Morgan fingerprint density at radius 3 is 2.43 bits per heavy atom. The largest absolute Gasteiger partial charge is 0.416 e. The fourth-order valence-electron chi connectivity index (χ4n) is 2.21. The summed E-state index contributed by atoms with van der Waals surface area (Å²) in [6, 6.07) is 1.73. The number of rotatable bonds is 3.